The van der Waals surface area contributed by atoms with Crippen molar-refractivity contribution in [3.05, 3.63) is 63.7 Å². The lowest BCUT2D eigenvalue weighted by atomic mass is 9.92. The molecule has 0 bridgehead atoms. The van der Waals surface area contributed by atoms with E-state index in [0.29, 0.717) is 11.3 Å². The van der Waals surface area contributed by atoms with Crippen LogP contribution in [0.25, 0.3) is 0 Å². The average molecular weight is 367 g/mol. The molecule has 27 heavy (non-hydrogen) atoms. The summed E-state index contributed by atoms with van der Waals surface area (Å²) in [6.45, 7) is 8.97. The van der Waals surface area contributed by atoms with Gasteiger partial charge in [-0.25, -0.2) is 0 Å². The molecule has 5 nitrogen and oxygen atoms in total. The molecule has 142 valence electrons. The number of ether oxygens (including phenoxy) is 1. The van der Waals surface area contributed by atoms with E-state index in [1.54, 1.807) is 24.3 Å². The van der Waals surface area contributed by atoms with Crippen molar-refractivity contribution in [2.24, 2.45) is 0 Å². The molecule has 0 aliphatic rings. The van der Waals surface area contributed by atoms with Crippen LogP contribution in [0.15, 0.2) is 30.3 Å². The van der Waals surface area contributed by atoms with Crippen LogP contribution < -0.4 is 5.32 Å². The Labute approximate surface area is 159 Å². The number of benzene rings is 2. The molecule has 5 heteroatoms. The van der Waals surface area contributed by atoms with Crippen molar-refractivity contribution in [2.45, 2.75) is 41.0 Å². The van der Waals surface area contributed by atoms with Gasteiger partial charge in [-0.05, 0) is 67.6 Å². The highest BCUT2D eigenvalue weighted by Crippen LogP contribution is 2.22. The summed E-state index contributed by atoms with van der Waals surface area (Å²) in [5, 5.41) is 2.66. The Bertz CT molecular complexity index is 882. The molecule has 1 amide bonds. The summed E-state index contributed by atoms with van der Waals surface area (Å²) in [6, 6.07) is 8.90. The molecule has 1 N–H and O–H groups in total. The lowest BCUT2D eigenvalue weighted by molar-refractivity contribution is -0.141. The first-order chi connectivity index (χ1) is 12.7. The van der Waals surface area contributed by atoms with E-state index < -0.39 is 5.97 Å². The second-order valence-corrected chi connectivity index (χ2v) is 6.77. The highest BCUT2D eigenvalue weighted by atomic mass is 16.5. The predicted molar refractivity (Wildman–Crippen MR) is 105 cm³/mol. The smallest absolute Gasteiger partial charge is 0.310 e. The van der Waals surface area contributed by atoms with Crippen molar-refractivity contribution in [1.29, 1.82) is 0 Å². The van der Waals surface area contributed by atoms with E-state index >= 15 is 0 Å². The van der Waals surface area contributed by atoms with E-state index in [1.165, 1.54) is 6.92 Å². The molecule has 0 aromatic heterocycles. The molecule has 2 rings (SSSR count). The molecule has 0 atom stereocenters. The fourth-order valence-corrected chi connectivity index (χ4v) is 3.06. The fourth-order valence-electron chi connectivity index (χ4n) is 3.06. The minimum atomic E-state index is -0.463. The van der Waals surface area contributed by atoms with Crippen LogP contribution in [0.1, 0.15) is 45.1 Å². The van der Waals surface area contributed by atoms with Crippen LogP contribution in [0.5, 0.6) is 0 Å². The van der Waals surface area contributed by atoms with Gasteiger partial charge in [0.25, 0.3) is 0 Å². The summed E-state index contributed by atoms with van der Waals surface area (Å²) in [6.07, 6.45) is 0.0680. The van der Waals surface area contributed by atoms with Gasteiger partial charge < -0.3 is 10.1 Å². The first-order valence-electron chi connectivity index (χ1n) is 8.81. The van der Waals surface area contributed by atoms with Gasteiger partial charge in [-0.3, -0.25) is 14.4 Å². The summed E-state index contributed by atoms with van der Waals surface area (Å²) >= 11 is 0. The third-order valence-electron chi connectivity index (χ3n) is 4.62. The Morgan fingerprint density at radius 1 is 0.926 bits per heavy atom. The van der Waals surface area contributed by atoms with Gasteiger partial charge in [-0.1, -0.05) is 18.2 Å². The highest BCUT2D eigenvalue weighted by Gasteiger charge is 2.17. The molecule has 0 spiro atoms. The van der Waals surface area contributed by atoms with Crippen LogP contribution in [0.3, 0.4) is 0 Å². The molecule has 2 aromatic rings. The predicted octanol–water partition coefficient (Wildman–Crippen LogP) is 3.85. The number of hydrogen-bond donors (Lipinski definition) is 1. The van der Waals surface area contributed by atoms with Gasteiger partial charge in [0.1, 0.15) is 0 Å². The molecule has 0 radical (unpaired) electrons. The van der Waals surface area contributed by atoms with E-state index in [9.17, 15) is 14.4 Å². The van der Waals surface area contributed by atoms with Crippen molar-refractivity contribution < 1.29 is 19.1 Å². The van der Waals surface area contributed by atoms with Crippen molar-refractivity contribution in [1.82, 2.24) is 0 Å². The summed E-state index contributed by atoms with van der Waals surface area (Å²) in [5.41, 5.74) is 6.09. The van der Waals surface area contributed by atoms with Gasteiger partial charge in [0.05, 0.1) is 6.42 Å². The van der Waals surface area contributed by atoms with Crippen LogP contribution in [0.2, 0.25) is 0 Å². The number of rotatable bonds is 6. The topological polar surface area (TPSA) is 72.5 Å². The summed E-state index contributed by atoms with van der Waals surface area (Å²) in [5.74, 6) is -0.810. The molecule has 0 saturated heterocycles. The highest BCUT2D eigenvalue weighted by molar-refractivity contribution is 6.01. The standard InChI is InChI=1S/C22H25NO4/c1-13-10-14(2)22(16(4)15(13)3)20(25)12-27-21(26)11-18-6-8-19(9-7-18)23-17(5)24/h6-10H,11-12H2,1-5H3,(H,23,24). The van der Waals surface area contributed by atoms with Crippen LogP contribution >= 0.6 is 0 Å². The number of anilines is 1. The van der Waals surface area contributed by atoms with Crippen LogP contribution in [-0.2, 0) is 20.7 Å². The molecule has 0 unspecified atom stereocenters. The SMILES string of the molecule is CC(=O)Nc1ccc(CC(=O)OCC(=O)c2c(C)cc(C)c(C)c2C)cc1. The second kappa shape index (κ2) is 8.62. The minimum absolute atomic E-state index is 0.0680. The van der Waals surface area contributed by atoms with E-state index in [2.05, 4.69) is 5.32 Å². The summed E-state index contributed by atoms with van der Waals surface area (Å²) < 4.78 is 5.18. The quantitative estimate of drug-likeness (QED) is 0.622. The number of nitrogens with one attached hydrogen (secondary N) is 1. The third-order valence-corrected chi connectivity index (χ3v) is 4.62. The molecule has 0 aliphatic heterocycles. The van der Waals surface area contributed by atoms with Gasteiger partial charge in [0.15, 0.2) is 6.61 Å². The maximum Gasteiger partial charge on any atom is 0.310 e. The molecule has 0 fully saturated rings. The number of aryl methyl sites for hydroxylation is 2. The van der Waals surface area contributed by atoms with Gasteiger partial charge in [0.2, 0.25) is 11.7 Å². The van der Waals surface area contributed by atoms with E-state index in [4.69, 9.17) is 4.74 Å². The number of esters is 1. The van der Waals surface area contributed by atoms with Gasteiger partial charge in [0, 0.05) is 18.2 Å². The van der Waals surface area contributed by atoms with E-state index in [0.717, 1.165) is 27.8 Å². The second-order valence-electron chi connectivity index (χ2n) is 6.77. The monoisotopic (exact) mass is 367 g/mol. The van der Waals surface area contributed by atoms with Crippen molar-refractivity contribution >= 4 is 23.3 Å². The zero-order valence-electron chi connectivity index (χ0n) is 16.4. The number of amides is 1. The van der Waals surface area contributed by atoms with E-state index in [-0.39, 0.29) is 24.7 Å². The zero-order valence-corrected chi connectivity index (χ0v) is 16.4. The Balaban J connectivity index is 1.97. The molecule has 0 heterocycles. The molecular formula is C22H25NO4. The molecule has 0 saturated carbocycles. The number of carbonyl (C=O) groups excluding carboxylic acids is 3. The van der Waals surface area contributed by atoms with Crippen LogP contribution in [0, 0.1) is 27.7 Å². The number of ketones is 1. The lowest BCUT2D eigenvalue weighted by Gasteiger charge is -2.14. The van der Waals surface area contributed by atoms with Gasteiger partial charge in [-0.2, -0.15) is 0 Å². The summed E-state index contributed by atoms with van der Waals surface area (Å²) in [4.78, 5) is 35.6. The van der Waals surface area contributed by atoms with Gasteiger partial charge >= 0.3 is 5.97 Å². The van der Waals surface area contributed by atoms with Crippen molar-refractivity contribution in [3.63, 3.8) is 0 Å². The van der Waals surface area contributed by atoms with Crippen LogP contribution in [-0.4, -0.2) is 24.3 Å². The fraction of sp³-hybridized carbons (Fsp3) is 0.318. The maximum atomic E-state index is 12.5. The number of hydrogen-bond acceptors (Lipinski definition) is 4. The number of carbonyl (C=O) groups is 3. The summed E-state index contributed by atoms with van der Waals surface area (Å²) in [7, 11) is 0. The number of Topliss-reactive ketones (excluding diaryl/α,β-unsaturated/α-hetero) is 1. The zero-order chi connectivity index (χ0) is 20.1. The first kappa shape index (κ1) is 20.4. The Kier molecular flexibility index (Phi) is 6.50. The largest absolute Gasteiger partial charge is 0.457 e. The lowest BCUT2D eigenvalue weighted by Crippen LogP contribution is -2.18. The Morgan fingerprint density at radius 2 is 1.56 bits per heavy atom. The average Bonchev–Trinajstić information content (AvgIpc) is 2.59. The third kappa shape index (κ3) is 5.26. The van der Waals surface area contributed by atoms with Gasteiger partial charge in [-0.15, -0.1) is 0 Å². The van der Waals surface area contributed by atoms with Crippen LogP contribution in [0.4, 0.5) is 5.69 Å². The maximum absolute atomic E-state index is 12.5. The molecule has 2 aromatic carbocycles. The molecular weight excluding hydrogens is 342 g/mol. The normalized spacial score (nSPS) is 10.4. The first-order valence-corrected chi connectivity index (χ1v) is 8.81. The minimum Gasteiger partial charge on any atom is -0.457 e. The molecule has 0 aliphatic carbocycles. The van der Waals surface area contributed by atoms with E-state index in [1.807, 2.05) is 33.8 Å². The van der Waals surface area contributed by atoms with Crippen molar-refractivity contribution in [3.8, 4) is 0 Å². The Morgan fingerprint density at radius 3 is 2.15 bits per heavy atom. The van der Waals surface area contributed by atoms with Crippen molar-refractivity contribution in [2.75, 3.05) is 11.9 Å². The Hall–Kier alpha value is -2.95.